The second-order valence-corrected chi connectivity index (χ2v) is 2.75. The second kappa shape index (κ2) is 9.04. The molecule has 0 amide bonds. The van der Waals surface area contributed by atoms with Gasteiger partial charge in [-0.1, -0.05) is 25.7 Å². The molecule has 0 aromatic heterocycles. The van der Waals surface area contributed by atoms with Crippen LogP contribution in [0.2, 0.25) is 0 Å². The van der Waals surface area contributed by atoms with E-state index < -0.39 is 0 Å². The van der Waals surface area contributed by atoms with Crippen LogP contribution in [0, 0.1) is 0 Å². The predicted molar refractivity (Wildman–Crippen MR) is 54.4 cm³/mol. The number of unbranched alkanes of at least 4 members (excludes halogenated alkanes) is 2. The summed E-state index contributed by atoms with van der Waals surface area (Å²) >= 11 is 0. The summed E-state index contributed by atoms with van der Waals surface area (Å²) in [6.45, 7) is 5.93. The summed E-state index contributed by atoms with van der Waals surface area (Å²) in [6, 6.07) is 0. The van der Waals surface area contributed by atoms with Gasteiger partial charge in [0.15, 0.2) is 0 Å². The molecule has 0 saturated carbocycles. The molecule has 0 aliphatic heterocycles. The van der Waals surface area contributed by atoms with Crippen LogP contribution in [0.4, 0.5) is 0 Å². The average molecular weight is 182 g/mol. The van der Waals surface area contributed by atoms with Gasteiger partial charge in [-0.05, 0) is 25.7 Å². The minimum absolute atomic E-state index is 0.330. The highest BCUT2D eigenvalue weighted by Crippen LogP contribution is 1.98. The van der Waals surface area contributed by atoms with Gasteiger partial charge in [-0.2, -0.15) is 0 Å². The van der Waals surface area contributed by atoms with Crippen molar-refractivity contribution in [2.24, 2.45) is 0 Å². The van der Waals surface area contributed by atoms with Gasteiger partial charge in [0.25, 0.3) is 0 Å². The van der Waals surface area contributed by atoms with E-state index in [-0.39, 0.29) is 5.97 Å². The van der Waals surface area contributed by atoms with Gasteiger partial charge in [0.1, 0.15) is 0 Å². The van der Waals surface area contributed by atoms with Crippen LogP contribution in [-0.4, -0.2) is 12.6 Å². The van der Waals surface area contributed by atoms with Gasteiger partial charge in [-0.25, -0.2) is 4.79 Å². The molecule has 0 bridgehead atoms. The zero-order valence-electron chi connectivity index (χ0n) is 8.29. The molecule has 0 N–H and O–H groups in total. The fourth-order valence-electron chi connectivity index (χ4n) is 0.880. The molecule has 0 aromatic carbocycles. The van der Waals surface area contributed by atoms with E-state index in [9.17, 15) is 4.79 Å². The van der Waals surface area contributed by atoms with Gasteiger partial charge in [-0.15, -0.1) is 0 Å². The summed E-state index contributed by atoms with van der Waals surface area (Å²) in [4.78, 5) is 10.6. The van der Waals surface area contributed by atoms with E-state index in [0.717, 1.165) is 25.7 Å². The summed E-state index contributed by atoms with van der Waals surface area (Å²) < 4.78 is 4.82. The highest BCUT2D eigenvalue weighted by molar-refractivity contribution is 5.81. The lowest BCUT2D eigenvalue weighted by atomic mass is 10.2. The molecule has 0 atom stereocenters. The molecule has 0 spiro atoms. The summed E-state index contributed by atoms with van der Waals surface area (Å²) in [6.07, 6.45) is 9.65. The quantitative estimate of drug-likeness (QED) is 0.262. The van der Waals surface area contributed by atoms with Crippen LogP contribution >= 0.6 is 0 Å². The molecule has 0 aromatic rings. The summed E-state index contributed by atoms with van der Waals surface area (Å²) in [5.74, 6) is -0.330. The number of carbonyl (C=O) groups excluding carboxylic acids is 1. The van der Waals surface area contributed by atoms with Crippen LogP contribution in [0.1, 0.15) is 32.6 Å². The number of rotatable bonds is 7. The Labute approximate surface area is 80.3 Å². The van der Waals surface area contributed by atoms with Crippen LogP contribution in [0.3, 0.4) is 0 Å². The first-order chi connectivity index (χ1) is 6.31. The fourth-order valence-corrected chi connectivity index (χ4v) is 0.880. The van der Waals surface area contributed by atoms with Gasteiger partial charge in [-0.3, -0.25) is 0 Å². The van der Waals surface area contributed by atoms with Crippen molar-refractivity contribution in [2.45, 2.75) is 32.6 Å². The van der Waals surface area contributed by atoms with E-state index in [4.69, 9.17) is 4.74 Å². The zero-order valence-corrected chi connectivity index (χ0v) is 8.29. The summed E-state index contributed by atoms with van der Waals surface area (Å²) in [5.41, 5.74) is 0. The van der Waals surface area contributed by atoms with E-state index in [0.29, 0.717) is 6.61 Å². The van der Waals surface area contributed by atoms with Gasteiger partial charge >= 0.3 is 5.97 Å². The number of allylic oxidation sites excluding steroid dienone is 2. The van der Waals surface area contributed by atoms with E-state index in [1.165, 1.54) is 6.08 Å². The molecule has 13 heavy (non-hydrogen) atoms. The number of hydrogen-bond acceptors (Lipinski definition) is 2. The highest BCUT2D eigenvalue weighted by atomic mass is 16.5. The Morgan fingerprint density at radius 2 is 2.15 bits per heavy atom. The number of carbonyl (C=O) groups is 1. The molecule has 2 heteroatoms. The van der Waals surface area contributed by atoms with Gasteiger partial charge in [0.05, 0.1) is 6.61 Å². The number of ether oxygens (including phenoxy) is 1. The third-order valence-electron chi connectivity index (χ3n) is 1.58. The molecular weight excluding hydrogens is 164 g/mol. The van der Waals surface area contributed by atoms with Crippen molar-refractivity contribution in [3.63, 3.8) is 0 Å². The first-order valence-corrected chi connectivity index (χ1v) is 4.75. The molecule has 0 aliphatic carbocycles. The molecule has 0 rings (SSSR count). The third kappa shape index (κ3) is 8.86. The lowest BCUT2D eigenvalue weighted by Gasteiger charge is -1.99. The lowest BCUT2D eigenvalue weighted by molar-refractivity contribution is -0.137. The van der Waals surface area contributed by atoms with Crippen LogP contribution in [-0.2, 0) is 9.53 Å². The minimum atomic E-state index is -0.330. The molecule has 0 unspecified atom stereocenters. The van der Waals surface area contributed by atoms with Crippen LogP contribution in [0.5, 0.6) is 0 Å². The summed E-state index contributed by atoms with van der Waals surface area (Å²) in [7, 11) is 0. The molecule has 0 heterocycles. The highest BCUT2D eigenvalue weighted by Gasteiger charge is 1.93. The number of esters is 1. The Bertz CT molecular complexity index is 171. The molecule has 74 valence electrons. The number of hydrogen-bond donors (Lipinski definition) is 0. The maximum Gasteiger partial charge on any atom is 0.330 e. The molecule has 0 fully saturated rings. The maximum atomic E-state index is 10.6. The van der Waals surface area contributed by atoms with Crippen molar-refractivity contribution in [1.29, 1.82) is 0 Å². The van der Waals surface area contributed by atoms with Crippen molar-refractivity contribution in [3.8, 4) is 0 Å². The Kier molecular flexibility index (Phi) is 8.31. The zero-order chi connectivity index (χ0) is 9.94. The van der Waals surface area contributed by atoms with Crippen molar-refractivity contribution >= 4 is 5.97 Å². The molecule has 0 radical (unpaired) electrons. The van der Waals surface area contributed by atoms with E-state index in [2.05, 4.69) is 25.7 Å². The fraction of sp³-hybridized carbons (Fsp3) is 0.545. The molecular formula is C11H18O2. The van der Waals surface area contributed by atoms with Crippen LogP contribution < -0.4 is 0 Å². The first-order valence-electron chi connectivity index (χ1n) is 4.75. The Balaban J connectivity index is 3.12. The van der Waals surface area contributed by atoms with Crippen LogP contribution in [0.25, 0.3) is 0 Å². The average Bonchev–Trinajstić information content (AvgIpc) is 2.16. The van der Waals surface area contributed by atoms with E-state index in [1.807, 2.05) is 0 Å². The van der Waals surface area contributed by atoms with Gasteiger partial charge in [0.2, 0.25) is 0 Å². The van der Waals surface area contributed by atoms with E-state index in [1.54, 1.807) is 0 Å². The van der Waals surface area contributed by atoms with Gasteiger partial charge < -0.3 is 4.74 Å². The van der Waals surface area contributed by atoms with Crippen molar-refractivity contribution in [1.82, 2.24) is 0 Å². The van der Waals surface area contributed by atoms with Crippen molar-refractivity contribution < 1.29 is 9.53 Å². The lowest BCUT2D eigenvalue weighted by Crippen LogP contribution is -2.01. The molecule has 0 saturated heterocycles. The standard InChI is InChI=1S/C11H18O2/c1-3-5-6-7-8-9-10-13-11(12)4-2/h4-6H,2-3,7-10H2,1H3/b6-5+. The van der Waals surface area contributed by atoms with Crippen LogP contribution in [0.15, 0.2) is 24.8 Å². The second-order valence-electron chi connectivity index (χ2n) is 2.75. The SMILES string of the molecule is C=CC(=O)OCCCC/C=C/CC. The van der Waals surface area contributed by atoms with Gasteiger partial charge in [0, 0.05) is 6.08 Å². The Morgan fingerprint density at radius 1 is 1.38 bits per heavy atom. The minimum Gasteiger partial charge on any atom is -0.463 e. The Morgan fingerprint density at radius 3 is 2.77 bits per heavy atom. The topological polar surface area (TPSA) is 26.3 Å². The summed E-state index contributed by atoms with van der Waals surface area (Å²) in [5, 5.41) is 0. The predicted octanol–water partition coefficient (Wildman–Crippen LogP) is 2.85. The Hall–Kier alpha value is -1.05. The smallest absolute Gasteiger partial charge is 0.330 e. The van der Waals surface area contributed by atoms with Crippen molar-refractivity contribution in [2.75, 3.05) is 6.61 Å². The van der Waals surface area contributed by atoms with Crippen molar-refractivity contribution in [3.05, 3.63) is 24.8 Å². The molecule has 2 nitrogen and oxygen atoms in total. The molecule has 0 aliphatic rings. The first kappa shape index (κ1) is 11.9. The normalized spacial score (nSPS) is 10.2. The van der Waals surface area contributed by atoms with E-state index >= 15 is 0 Å². The third-order valence-corrected chi connectivity index (χ3v) is 1.58. The monoisotopic (exact) mass is 182 g/mol. The maximum absolute atomic E-state index is 10.6. The largest absolute Gasteiger partial charge is 0.463 e.